The third kappa shape index (κ3) is 7.99. The summed E-state index contributed by atoms with van der Waals surface area (Å²) in [5.74, 6) is 0.931. The minimum Gasteiger partial charge on any atom is -0.356 e. The van der Waals surface area contributed by atoms with E-state index in [1.165, 1.54) is 44.2 Å². The monoisotopic (exact) mass is 395 g/mol. The molecule has 27 heavy (non-hydrogen) atoms. The van der Waals surface area contributed by atoms with Crippen LogP contribution < -0.4 is 10.5 Å². The van der Waals surface area contributed by atoms with E-state index in [4.69, 9.17) is 5.14 Å². The van der Waals surface area contributed by atoms with Gasteiger partial charge in [0.1, 0.15) is 0 Å². The van der Waals surface area contributed by atoms with E-state index >= 15 is 0 Å². The van der Waals surface area contributed by atoms with Gasteiger partial charge in [-0.05, 0) is 62.4 Å². The normalized spacial score (nSPS) is 18.8. The van der Waals surface area contributed by atoms with Crippen molar-refractivity contribution in [3.8, 4) is 0 Å². The van der Waals surface area contributed by atoms with Gasteiger partial charge in [0.15, 0.2) is 0 Å². The highest BCUT2D eigenvalue weighted by Crippen LogP contribution is 2.21. The van der Waals surface area contributed by atoms with Crippen LogP contribution in [0, 0.1) is 5.92 Å². The quantitative estimate of drug-likeness (QED) is 0.671. The highest BCUT2D eigenvalue weighted by atomic mass is 32.2. The molecule has 2 rings (SSSR count). The number of sulfonamides is 1. The van der Waals surface area contributed by atoms with Crippen LogP contribution >= 0.6 is 0 Å². The van der Waals surface area contributed by atoms with Crippen LogP contribution in [0.15, 0.2) is 29.2 Å². The van der Waals surface area contributed by atoms with E-state index in [0.29, 0.717) is 19.4 Å². The molecule has 1 saturated heterocycles. The van der Waals surface area contributed by atoms with E-state index in [2.05, 4.69) is 17.1 Å². The molecular weight excluding hydrogens is 362 g/mol. The van der Waals surface area contributed by atoms with Crippen LogP contribution in [0.3, 0.4) is 0 Å². The van der Waals surface area contributed by atoms with Crippen LogP contribution in [0.4, 0.5) is 0 Å². The zero-order valence-corrected chi connectivity index (χ0v) is 17.1. The predicted octanol–water partition coefficient (Wildman–Crippen LogP) is 2.29. The van der Waals surface area contributed by atoms with Crippen molar-refractivity contribution in [2.45, 2.75) is 56.8 Å². The summed E-state index contributed by atoms with van der Waals surface area (Å²) < 4.78 is 22.5. The molecule has 0 radical (unpaired) electrons. The number of benzene rings is 1. The van der Waals surface area contributed by atoms with Crippen LogP contribution in [0.2, 0.25) is 0 Å². The number of primary sulfonamides is 1. The first kappa shape index (κ1) is 21.9. The first-order chi connectivity index (χ1) is 12.9. The van der Waals surface area contributed by atoms with Gasteiger partial charge in [0.25, 0.3) is 0 Å². The van der Waals surface area contributed by atoms with Crippen molar-refractivity contribution >= 4 is 15.9 Å². The largest absolute Gasteiger partial charge is 0.356 e. The van der Waals surface area contributed by atoms with Crippen molar-refractivity contribution in [2.75, 3.05) is 26.2 Å². The summed E-state index contributed by atoms with van der Waals surface area (Å²) in [6, 6.07) is 6.46. The molecule has 0 spiro atoms. The number of rotatable bonds is 9. The first-order valence-electron chi connectivity index (χ1n) is 9.99. The summed E-state index contributed by atoms with van der Waals surface area (Å²) in [7, 11) is -3.66. The van der Waals surface area contributed by atoms with E-state index in [0.717, 1.165) is 31.1 Å². The minimum atomic E-state index is -3.66. The van der Waals surface area contributed by atoms with Crippen molar-refractivity contribution in [2.24, 2.45) is 11.1 Å². The van der Waals surface area contributed by atoms with Gasteiger partial charge in [0, 0.05) is 19.5 Å². The van der Waals surface area contributed by atoms with E-state index in [1.54, 1.807) is 12.1 Å². The van der Waals surface area contributed by atoms with Gasteiger partial charge in [-0.25, -0.2) is 13.6 Å². The van der Waals surface area contributed by atoms with Crippen LogP contribution in [0.1, 0.15) is 51.0 Å². The second-order valence-corrected chi connectivity index (χ2v) is 9.03. The van der Waals surface area contributed by atoms with E-state index in [9.17, 15) is 13.2 Å². The fraction of sp³-hybridized carbons (Fsp3) is 0.650. The first-order valence-corrected chi connectivity index (χ1v) is 11.5. The lowest BCUT2D eigenvalue weighted by atomic mass is 9.96. The van der Waals surface area contributed by atoms with Crippen molar-refractivity contribution in [3.63, 3.8) is 0 Å². The lowest BCUT2D eigenvalue weighted by Crippen LogP contribution is -2.32. The second kappa shape index (κ2) is 10.8. The van der Waals surface area contributed by atoms with Crippen molar-refractivity contribution in [1.29, 1.82) is 0 Å². The minimum absolute atomic E-state index is 0.0745. The van der Waals surface area contributed by atoms with Gasteiger partial charge in [-0.1, -0.05) is 31.9 Å². The Balaban J connectivity index is 1.65. The van der Waals surface area contributed by atoms with Gasteiger partial charge in [0.05, 0.1) is 4.90 Å². The number of nitrogens with two attached hydrogens (primary N) is 1. The molecule has 6 nitrogen and oxygen atoms in total. The molecule has 3 N–H and O–H groups in total. The number of carbonyl (C=O) groups excluding carboxylic acids is 1. The molecule has 0 aliphatic carbocycles. The van der Waals surface area contributed by atoms with Crippen LogP contribution in [0.5, 0.6) is 0 Å². The molecule has 0 saturated carbocycles. The summed E-state index contributed by atoms with van der Waals surface area (Å²) in [5, 5.41) is 8.04. The summed E-state index contributed by atoms with van der Waals surface area (Å²) in [6.07, 6.45) is 7.59. The molecule has 1 aromatic rings. The molecule has 1 aliphatic heterocycles. The van der Waals surface area contributed by atoms with Crippen molar-refractivity contribution in [3.05, 3.63) is 29.8 Å². The van der Waals surface area contributed by atoms with Crippen molar-refractivity contribution < 1.29 is 13.2 Å². The average Bonchev–Trinajstić information content (AvgIpc) is 2.85. The Labute approximate surface area is 163 Å². The van der Waals surface area contributed by atoms with Gasteiger partial charge >= 0.3 is 0 Å². The van der Waals surface area contributed by atoms with Crippen LogP contribution in [-0.4, -0.2) is 45.4 Å². The lowest BCUT2D eigenvalue weighted by Gasteiger charge is -2.19. The number of hydrogen-bond acceptors (Lipinski definition) is 4. The highest BCUT2D eigenvalue weighted by molar-refractivity contribution is 7.89. The lowest BCUT2D eigenvalue weighted by molar-refractivity contribution is -0.121. The van der Waals surface area contributed by atoms with E-state index < -0.39 is 10.0 Å². The van der Waals surface area contributed by atoms with Crippen LogP contribution in [0.25, 0.3) is 0 Å². The molecule has 0 aromatic heterocycles. The molecule has 1 heterocycles. The Morgan fingerprint density at radius 3 is 2.63 bits per heavy atom. The zero-order valence-electron chi connectivity index (χ0n) is 16.3. The third-order valence-electron chi connectivity index (χ3n) is 5.28. The Kier molecular flexibility index (Phi) is 8.73. The van der Waals surface area contributed by atoms with Gasteiger partial charge in [-0.3, -0.25) is 4.79 Å². The Morgan fingerprint density at radius 2 is 1.96 bits per heavy atom. The maximum Gasteiger partial charge on any atom is 0.238 e. The molecule has 7 heteroatoms. The number of nitrogens with zero attached hydrogens (tertiary/aromatic N) is 1. The molecule has 1 atom stereocenters. The fourth-order valence-electron chi connectivity index (χ4n) is 3.69. The second-order valence-electron chi connectivity index (χ2n) is 7.47. The van der Waals surface area contributed by atoms with Gasteiger partial charge in [-0.2, -0.15) is 0 Å². The molecule has 1 aromatic carbocycles. The average molecular weight is 396 g/mol. The Morgan fingerprint density at radius 1 is 1.22 bits per heavy atom. The Bertz CT molecular complexity index is 689. The molecule has 1 fully saturated rings. The molecule has 1 aliphatic rings. The topological polar surface area (TPSA) is 92.5 Å². The number of carbonyl (C=O) groups is 1. The smallest absolute Gasteiger partial charge is 0.238 e. The molecule has 0 bridgehead atoms. The standard InChI is InChI=1S/C20H33N3O3S/c1-2-4-17-5-3-14-23(15-11-17)16-12-20(24)22-13-10-18-6-8-19(9-7-18)27(21,25)26/h6-9,17H,2-5,10-16H2,1H3,(H,22,24)(H2,21,25,26). The summed E-state index contributed by atoms with van der Waals surface area (Å²) in [6.45, 7) is 5.83. The van der Waals surface area contributed by atoms with Gasteiger partial charge in [-0.15, -0.1) is 0 Å². The van der Waals surface area contributed by atoms with Crippen molar-refractivity contribution in [1.82, 2.24) is 10.2 Å². The molecule has 1 unspecified atom stereocenters. The summed E-state index contributed by atoms with van der Waals surface area (Å²) in [4.78, 5) is 14.6. The number of hydrogen-bond donors (Lipinski definition) is 2. The number of likely N-dealkylation sites (tertiary alicyclic amines) is 1. The fourth-order valence-corrected chi connectivity index (χ4v) is 4.20. The van der Waals surface area contributed by atoms with Gasteiger partial charge in [0.2, 0.25) is 15.9 Å². The van der Waals surface area contributed by atoms with E-state index in [1.807, 2.05) is 0 Å². The number of nitrogens with one attached hydrogen (secondary N) is 1. The maximum absolute atomic E-state index is 12.1. The molecular formula is C20H33N3O3S. The third-order valence-corrected chi connectivity index (χ3v) is 6.21. The molecule has 1 amide bonds. The molecule has 152 valence electrons. The van der Waals surface area contributed by atoms with Gasteiger partial charge < -0.3 is 10.2 Å². The SMILES string of the molecule is CCCC1CCCN(CCC(=O)NCCc2ccc(S(N)(=O)=O)cc2)CC1. The van der Waals surface area contributed by atoms with E-state index in [-0.39, 0.29) is 10.8 Å². The zero-order chi connectivity index (χ0) is 19.7. The highest BCUT2D eigenvalue weighted by Gasteiger charge is 2.16. The summed E-state index contributed by atoms with van der Waals surface area (Å²) >= 11 is 0. The Hall–Kier alpha value is -1.44. The predicted molar refractivity (Wildman–Crippen MR) is 108 cm³/mol. The maximum atomic E-state index is 12.1. The summed E-state index contributed by atoms with van der Waals surface area (Å²) in [5.41, 5.74) is 0.970. The number of amides is 1. The van der Waals surface area contributed by atoms with Crippen LogP contribution in [-0.2, 0) is 21.2 Å².